The van der Waals surface area contributed by atoms with Crippen molar-refractivity contribution in [2.45, 2.75) is 25.7 Å². The Morgan fingerprint density at radius 3 is 2.30 bits per heavy atom. The maximum Gasteiger partial charge on any atom is 0.271 e. The summed E-state index contributed by atoms with van der Waals surface area (Å²) in [5.74, 6) is 2.40. The average molecular weight is 318 g/mol. The molecule has 2 aliphatic carbocycles. The monoisotopic (exact) mass is 318 g/mol. The van der Waals surface area contributed by atoms with E-state index < -0.39 is 0 Å². The second kappa shape index (κ2) is 6.48. The number of nitrogens with one attached hydrogen (secondary N) is 1. The van der Waals surface area contributed by atoms with E-state index in [4.69, 9.17) is 14.2 Å². The molecule has 6 nitrogen and oxygen atoms in total. The highest BCUT2D eigenvalue weighted by Crippen LogP contribution is 2.42. The summed E-state index contributed by atoms with van der Waals surface area (Å²) in [6.07, 6.45) is 4.73. The van der Waals surface area contributed by atoms with Crippen molar-refractivity contribution >= 4 is 11.6 Å². The van der Waals surface area contributed by atoms with Crippen molar-refractivity contribution in [3.63, 3.8) is 0 Å². The van der Waals surface area contributed by atoms with Crippen molar-refractivity contribution < 1.29 is 19.0 Å². The van der Waals surface area contributed by atoms with Crippen LogP contribution < -0.4 is 19.6 Å². The van der Waals surface area contributed by atoms with Gasteiger partial charge >= 0.3 is 0 Å². The largest absolute Gasteiger partial charge is 0.493 e. The topological polar surface area (TPSA) is 69.2 Å². The molecule has 0 aromatic heterocycles. The Balaban J connectivity index is 1.78. The summed E-state index contributed by atoms with van der Waals surface area (Å²) < 4.78 is 15.8. The van der Waals surface area contributed by atoms with Crippen LogP contribution in [-0.2, 0) is 0 Å². The van der Waals surface area contributed by atoms with E-state index in [1.165, 1.54) is 40.6 Å². The van der Waals surface area contributed by atoms with Crippen LogP contribution in [0.3, 0.4) is 0 Å². The van der Waals surface area contributed by atoms with Crippen molar-refractivity contribution in [3.05, 3.63) is 17.7 Å². The van der Waals surface area contributed by atoms with Gasteiger partial charge in [-0.2, -0.15) is 5.10 Å². The second-order valence-electron chi connectivity index (χ2n) is 6.04. The van der Waals surface area contributed by atoms with E-state index in [2.05, 4.69) is 10.5 Å². The number of benzene rings is 1. The van der Waals surface area contributed by atoms with E-state index in [-0.39, 0.29) is 5.91 Å². The molecule has 1 aromatic rings. The van der Waals surface area contributed by atoms with Crippen molar-refractivity contribution in [2.75, 3.05) is 21.3 Å². The summed E-state index contributed by atoms with van der Waals surface area (Å²) in [6.45, 7) is 0. The molecule has 2 atom stereocenters. The average Bonchev–Trinajstić information content (AvgIpc) is 3.21. The van der Waals surface area contributed by atoms with Crippen molar-refractivity contribution in [3.8, 4) is 17.2 Å². The summed E-state index contributed by atoms with van der Waals surface area (Å²) in [4.78, 5) is 12.4. The zero-order chi connectivity index (χ0) is 16.4. The quantitative estimate of drug-likeness (QED) is 0.847. The molecule has 0 radical (unpaired) electrons. The van der Waals surface area contributed by atoms with Crippen LogP contribution in [0.2, 0.25) is 0 Å². The molecule has 2 saturated carbocycles. The Morgan fingerprint density at radius 1 is 1.13 bits per heavy atom. The van der Waals surface area contributed by atoms with E-state index in [1.807, 2.05) is 0 Å². The fourth-order valence-electron chi connectivity index (χ4n) is 3.56. The molecule has 1 N–H and O–H groups in total. The lowest BCUT2D eigenvalue weighted by Gasteiger charge is -2.14. The molecule has 6 heteroatoms. The van der Waals surface area contributed by atoms with Crippen LogP contribution in [0.15, 0.2) is 17.2 Å². The molecule has 2 fully saturated rings. The molecule has 0 aliphatic heterocycles. The zero-order valence-electron chi connectivity index (χ0n) is 13.7. The third-order valence-corrected chi connectivity index (χ3v) is 4.74. The summed E-state index contributed by atoms with van der Waals surface area (Å²) in [6, 6.07) is 3.25. The van der Waals surface area contributed by atoms with Gasteiger partial charge in [-0.25, -0.2) is 5.43 Å². The van der Waals surface area contributed by atoms with Gasteiger partial charge in [-0.3, -0.25) is 4.79 Å². The number of amides is 1. The van der Waals surface area contributed by atoms with E-state index in [0.29, 0.717) is 28.7 Å². The molecule has 0 saturated heterocycles. The van der Waals surface area contributed by atoms with Crippen LogP contribution in [0, 0.1) is 11.8 Å². The predicted octanol–water partition coefficient (Wildman–Crippen LogP) is 2.62. The highest BCUT2D eigenvalue weighted by Gasteiger charge is 2.36. The van der Waals surface area contributed by atoms with Gasteiger partial charge in [0.1, 0.15) is 0 Å². The third kappa shape index (κ3) is 2.98. The fraction of sp³-hybridized carbons (Fsp3) is 0.529. The first-order chi connectivity index (χ1) is 11.2. The lowest BCUT2D eigenvalue weighted by molar-refractivity contribution is 0.0953. The van der Waals surface area contributed by atoms with Gasteiger partial charge in [0, 0.05) is 11.3 Å². The van der Waals surface area contributed by atoms with Gasteiger partial charge in [0.2, 0.25) is 5.75 Å². The first-order valence-corrected chi connectivity index (χ1v) is 7.83. The molecule has 3 rings (SSSR count). The van der Waals surface area contributed by atoms with Gasteiger partial charge in [0.15, 0.2) is 11.5 Å². The number of hydrogen-bond acceptors (Lipinski definition) is 5. The molecule has 1 amide bonds. The summed E-state index contributed by atoms with van der Waals surface area (Å²) >= 11 is 0. The molecular formula is C17H22N2O4. The number of nitrogens with zero attached hydrogens (tertiary/aromatic N) is 1. The van der Waals surface area contributed by atoms with Gasteiger partial charge in [0.05, 0.1) is 21.3 Å². The summed E-state index contributed by atoms with van der Waals surface area (Å²) in [7, 11) is 4.57. The Labute approximate surface area is 135 Å². The Bertz CT molecular complexity index is 616. The lowest BCUT2D eigenvalue weighted by atomic mass is 9.99. The lowest BCUT2D eigenvalue weighted by Crippen LogP contribution is -2.22. The van der Waals surface area contributed by atoms with Gasteiger partial charge < -0.3 is 14.2 Å². The van der Waals surface area contributed by atoms with Crippen molar-refractivity contribution in [1.82, 2.24) is 5.43 Å². The number of fused-ring (bicyclic) bond motifs is 2. The maximum absolute atomic E-state index is 12.4. The van der Waals surface area contributed by atoms with Crippen molar-refractivity contribution in [2.24, 2.45) is 16.9 Å². The third-order valence-electron chi connectivity index (χ3n) is 4.74. The molecule has 2 aliphatic rings. The Hall–Kier alpha value is -2.24. The van der Waals surface area contributed by atoms with E-state index >= 15 is 0 Å². The number of ether oxygens (including phenoxy) is 3. The Kier molecular flexibility index (Phi) is 4.41. The van der Waals surface area contributed by atoms with Crippen LogP contribution in [-0.4, -0.2) is 32.9 Å². The summed E-state index contributed by atoms with van der Waals surface area (Å²) in [5.41, 5.74) is 4.21. The SMILES string of the molecule is COc1cc(C(=O)NN=C2C[C@H]3CC[C@H]2C3)cc(OC)c1OC. The molecule has 124 valence electrons. The standard InChI is InChI=1S/C17H22N2O4/c1-21-14-8-12(9-15(22-2)16(14)23-3)17(20)19-18-13-7-10-4-5-11(13)6-10/h8-11H,4-7H2,1-3H3,(H,19,20)/t10-,11-/m0/s1. The van der Waals surface area contributed by atoms with Crippen LogP contribution in [0.4, 0.5) is 0 Å². The van der Waals surface area contributed by atoms with Gasteiger partial charge in [-0.15, -0.1) is 0 Å². The highest BCUT2D eigenvalue weighted by atomic mass is 16.5. The minimum atomic E-state index is -0.278. The predicted molar refractivity (Wildman–Crippen MR) is 86.4 cm³/mol. The minimum absolute atomic E-state index is 0.278. The fourth-order valence-corrected chi connectivity index (χ4v) is 3.56. The summed E-state index contributed by atoms with van der Waals surface area (Å²) in [5, 5.41) is 4.34. The number of hydrazone groups is 1. The molecule has 1 aromatic carbocycles. The molecular weight excluding hydrogens is 296 g/mol. The van der Waals surface area contributed by atoms with E-state index in [0.717, 1.165) is 18.1 Å². The van der Waals surface area contributed by atoms with Crippen LogP contribution in [0.1, 0.15) is 36.0 Å². The number of carbonyl (C=O) groups is 1. The molecule has 23 heavy (non-hydrogen) atoms. The maximum atomic E-state index is 12.4. The van der Waals surface area contributed by atoms with Gasteiger partial charge in [-0.05, 0) is 49.7 Å². The minimum Gasteiger partial charge on any atom is -0.493 e. The van der Waals surface area contributed by atoms with Crippen LogP contribution >= 0.6 is 0 Å². The number of methoxy groups -OCH3 is 3. The molecule has 0 spiro atoms. The second-order valence-corrected chi connectivity index (χ2v) is 6.04. The van der Waals surface area contributed by atoms with Crippen molar-refractivity contribution in [1.29, 1.82) is 0 Å². The van der Waals surface area contributed by atoms with E-state index in [9.17, 15) is 4.79 Å². The number of hydrogen-bond donors (Lipinski definition) is 1. The van der Waals surface area contributed by atoms with Crippen LogP contribution in [0.5, 0.6) is 17.2 Å². The Morgan fingerprint density at radius 2 is 1.83 bits per heavy atom. The number of rotatable bonds is 5. The molecule has 2 bridgehead atoms. The number of carbonyl (C=O) groups excluding carboxylic acids is 1. The zero-order valence-corrected chi connectivity index (χ0v) is 13.7. The van der Waals surface area contributed by atoms with E-state index in [1.54, 1.807) is 12.1 Å². The highest BCUT2D eigenvalue weighted by molar-refractivity contribution is 5.97. The molecule has 0 unspecified atom stereocenters. The molecule has 0 heterocycles. The smallest absolute Gasteiger partial charge is 0.271 e. The normalized spacial score (nSPS) is 23.9. The van der Waals surface area contributed by atoms with Gasteiger partial charge in [-0.1, -0.05) is 0 Å². The van der Waals surface area contributed by atoms with Crippen LogP contribution in [0.25, 0.3) is 0 Å². The van der Waals surface area contributed by atoms with Gasteiger partial charge in [0.25, 0.3) is 5.91 Å². The first-order valence-electron chi connectivity index (χ1n) is 7.83. The first kappa shape index (κ1) is 15.6.